The predicted octanol–water partition coefficient (Wildman–Crippen LogP) is 2.83. The first-order valence-electron chi connectivity index (χ1n) is 10.2. The van der Waals surface area contributed by atoms with Crippen molar-refractivity contribution in [3.63, 3.8) is 0 Å². The van der Waals surface area contributed by atoms with E-state index in [0.29, 0.717) is 0 Å². The van der Waals surface area contributed by atoms with Gasteiger partial charge in [-0.2, -0.15) is 27.1 Å². The summed E-state index contributed by atoms with van der Waals surface area (Å²) in [6, 6.07) is 7.49. The molecule has 3 heterocycles. The smallest absolute Gasteiger partial charge is 0.475 e. The summed E-state index contributed by atoms with van der Waals surface area (Å²) in [6.07, 6.45) is -5.41. The molecule has 0 aliphatic rings. The molecule has 3 rings (SSSR count). The number of aliphatic carboxylic acids is 1. The predicted molar refractivity (Wildman–Crippen MR) is 127 cm³/mol. The summed E-state index contributed by atoms with van der Waals surface area (Å²) in [7, 11) is 3.83. The van der Waals surface area contributed by atoms with Crippen LogP contribution < -0.4 is 16.3 Å². The number of anilines is 1. The lowest BCUT2D eigenvalue weighted by Gasteiger charge is -2.09. The number of alkyl halides is 3. The SMILES string of the molecule is CN(C)c1ccc(C#Cc2ccc(Cn3c(CC(CN)=C(F)F)n[nH]c3=O)s2)cn1.O=C(O)C(F)(F)F. The van der Waals surface area contributed by atoms with Crippen LogP contribution in [0.1, 0.15) is 21.1 Å². The second kappa shape index (κ2) is 12.8. The van der Waals surface area contributed by atoms with Crippen LogP contribution in [0.25, 0.3) is 0 Å². The van der Waals surface area contributed by atoms with Crippen molar-refractivity contribution in [1.29, 1.82) is 0 Å². The number of nitrogens with two attached hydrogens (primary N) is 1. The molecule has 0 amide bonds. The topological polar surface area (TPSA) is 130 Å². The number of hydrogen-bond donors (Lipinski definition) is 3. The Hall–Kier alpha value is -4.03. The summed E-state index contributed by atoms with van der Waals surface area (Å²) >= 11 is 1.42. The molecule has 0 radical (unpaired) electrons. The normalized spacial score (nSPS) is 10.6. The van der Waals surface area contributed by atoms with Gasteiger partial charge in [0, 0.05) is 49.3 Å². The van der Waals surface area contributed by atoms with Crippen LogP contribution in [0.2, 0.25) is 0 Å². The van der Waals surface area contributed by atoms with Gasteiger partial charge in [0.2, 0.25) is 0 Å². The number of thiophene rings is 1. The lowest BCUT2D eigenvalue weighted by atomic mass is 10.2. The van der Waals surface area contributed by atoms with Crippen LogP contribution in [0.5, 0.6) is 0 Å². The number of aromatic amines is 1. The molecular formula is C22H21F5N6O3S. The second-order valence-electron chi connectivity index (χ2n) is 7.39. The van der Waals surface area contributed by atoms with E-state index in [0.717, 1.165) is 21.1 Å². The summed E-state index contributed by atoms with van der Waals surface area (Å²) in [4.78, 5) is 28.8. The molecule has 0 aromatic carbocycles. The van der Waals surface area contributed by atoms with E-state index < -0.39 is 23.9 Å². The van der Waals surface area contributed by atoms with E-state index in [1.807, 2.05) is 43.3 Å². The van der Waals surface area contributed by atoms with Gasteiger partial charge in [-0.25, -0.2) is 19.7 Å². The van der Waals surface area contributed by atoms with Gasteiger partial charge in [-0.1, -0.05) is 11.8 Å². The summed E-state index contributed by atoms with van der Waals surface area (Å²) in [5, 5.41) is 13.3. The van der Waals surface area contributed by atoms with Crippen molar-refractivity contribution >= 4 is 23.1 Å². The van der Waals surface area contributed by atoms with Gasteiger partial charge in [-0.3, -0.25) is 4.57 Å². The number of pyridine rings is 1. The molecule has 0 saturated heterocycles. The molecule has 0 saturated carbocycles. The molecule has 198 valence electrons. The molecule has 0 bridgehead atoms. The van der Waals surface area contributed by atoms with Crippen LogP contribution in [0.4, 0.5) is 27.8 Å². The van der Waals surface area contributed by atoms with Crippen LogP contribution in [-0.4, -0.2) is 57.6 Å². The number of H-pyrrole nitrogens is 1. The Morgan fingerprint density at radius 2 is 1.89 bits per heavy atom. The highest BCUT2D eigenvalue weighted by Gasteiger charge is 2.38. The molecule has 3 aromatic heterocycles. The summed E-state index contributed by atoms with van der Waals surface area (Å²) < 4.78 is 58.8. The number of nitrogens with zero attached hydrogens (tertiary/aromatic N) is 4. The Balaban J connectivity index is 0.000000604. The summed E-state index contributed by atoms with van der Waals surface area (Å²) in [5.74, 6) is 4.43. The van der Waals surface area contributed by atoms with Gasteiger partial charge in [0.1, 0.15) is 11.6 Å². The number of carbonyl (C=O) groups is 1. The number of halogens is 5. The zero-order valence-electron chi connectivity index (χ0n) is 19.4. The molecule has 4 N–H and O–H groups in total. The fourth-order valence-corrected chi connectivity index (χ4v) is 3.45. The van der Waals surface area contributed by atoms with Crippen molar-refractivity contribution < 1.29 is 31.9 Å². The highest BCUT2D eigenvalue weighted by molar-refractivity contribution is 7.12. The number of hydrogen-bond acceptors (Lipinski definition) is 7. The van der Waals surface area contributed by atoms with E-state index in [1.54, 1.807) is 6.20 Å². The average Bonchev–Trinajstić information content (AvgIpc) is 3.42. The van der Waals surface area contributed by atoms with Gasteiger partial charge in [-0.05, 0) is 24.3 Å². The quantitative estimate of drug-likeness (QED) is 0.321. The molecule has 0 unspecified atom stereocenters. The fraction of sp³-hybridized carbons (Fsp3) is 0.273. The zero-order valence-corrected chi connectivity index (χ0v) is 20.3. The van der Waals surface area contributed by atoms with Gasteiger partial charge < -0.3 is 15.7 Å². The Bertz CT molecular complexity index is 1360. The van der Waals surface area contributed by atoms with Gasteiger partial charge in [0.25, 0.3) is 6.08 Å². The van der Waals surface area contributed by atoms with E-state index in [-0.39, 0.29) is 30.9 Å². The van der Waals surface area contributed by atoms with Crippen LogP contribution in [0.3, 0.4) is 0 Å². The van der Waals surface area contributed by atoms with E-state index in [2.05, 4.69) is 27.0 Å². The van der Waals surface area contributed by atoms with Crippen LogP contribution in [0, 0.1) is 11.8 Å². The van der Waals surface area contributed by atoms with Crippen molar-refractivity contribution in [3.05, 3.63) is 73.7 Å². The molecular weight excluding hydrogens is 523 g/mol. The molecule has 37 heavy (non-hydrogen) atoms. The van der Waals surface area contributed by atoms with Crippen molar-refractivity contribution in [2.75, 3.05) is 25.5 Å². The zero-order chi connectivity index (χ0) is 27.8. The highest BCUT2D eigenvalue weighted by atomic mass is 32.1. The van der Waals surface area contributed by atoms with Crippen molar-refractivity contribution in [3.8, 4) is 11.8 Å². The Kier molecular flexibility index (Phi) is 10.1. The minimum atomic E-state index is -5.08. The van der Waals surface area contributed by atoms with Gasteiger partial charge >= 0.3 is 17.8 Å². The Morgan fingerprint density at radius 3 is 2.41 bits per heavy atom. The summed E-state index contributed by atoms with van der Waals surface area (Å²) in [5.41, 5.74) is 5.43. The lowest BCUT2D eigenvalue weighted by molar-refractivity contribution is -0.192. The second-order valence-corrected chi connectivity index (χ2v) is 8.56. The molecule has 0 spiro atoms. The third-order valence-corrected chi connectivity index (χ3v) is 5.46. The van der Waals surface area contributed by atoms with Crippen molar-refractivity contribution in [2.45, 2.75) is 19.1 Å². The average molecular weight is 545 g/mol. The number of nitrogens with one attached hydrogen (secondary N) is 1. The first-order valence-corrected chi connectivity index (χ1v) is 11.0. The number of aromatic nitrogens is 4. The van der Waals surface area contributed by atoms with E-state index in [1.165, 1.54) is 15.9 Å². The van der Waals surface area contributed by atoms with Crippen LogP contribution in [-0.2, 0) is 17.8 Å². The largest absolute Gasteiger partial charge is 0.490 e. The minimum absolute atomic E-state index is 0.189. The number of carboxylic acids is 1. The maximum Gasteiger partial charge on any atom is 0.490 e. The maximum atomic E-state index is 12.9. The Morgan fingerprint density at radius 1 is 1.22 bits per heavy atom. The number of rotatable bonds is 6. The van der Waals surface area contributed by atoms with E-state index in [9.17, 15) is 26.7 Å². The molecule has 3 aromatic rings. The molecule has 0 aliphatic heterocycles. The third-order valence-electron chi connectivity index (χ3n) is 4.48. The highest BCUT2D eigenvalue weighted by Crippen LogP contribution is 2.18. The van der Waals surface area contributed by atoms with E-state index >= 15 is 0 Å². The Labute approximate surface area is 211 Å². The standard InChI is InChI=1S/C20H20F2N6OS.C2HF3O2/c1-27(2)17-8-4-13(11-24-17)3-5-15-6-7-16(30-15)12-28-18(25-26-20(28)29)9-14(10-23)19(21)22;3-2(4,5)1(6)7/h4,6-8,11H,9-10,12,23H2,1-2H3,(H,26,29);(H,6,7). The van der Waals surface area contributed by atoms with E-state index in [4.69, 9.17) is 15.6 Å². The molecule has 0 aliphatic carbocycles. The van der Waals surface area contributed by atoms with Gasteiger partial charge in [0.15, 0.2) is 0 Å². The van der Waals surface area contributed by atoms with Crippen molar-refractivity contribution in [2.24, 2.45) is 5.73 Å². The summed E-state index contributed by atoms with van der Waals surface area (Å²) in [6.45, 7) is -0.0889. The first kappa shape index (κ1) is 29.2. The molecule has 15 heteroatoms. The number of carboxylic acid groups (broad SMARTS) is 1. The molecule has 0 atom stereocenters. The van der Waals surface area contributed by atoms with Crippen molar-refractivity contribution in [1.82, 2.24) is 19.7 Å². The minimum Gasteiger partial charge on any atom is -0.475 e. The van der Waals surface area contributed by atoms with Crippen LogP contribution in [0.15, 0.2) is 46.9 Å². The monoisotopic (exact) mass is 544 g/mol. The van der Waals surface area contributed by atoms with Crippen LogP contribution >= 0.6 is 11.3 Å². The first-order chi connectivity index (χ1) is 17.3. The van der Waals surface area contributed by atoms with Gasteiger partial charge in [0.05, 0.1) is 11.4 Å². The van der Waals surface area contributed by atoms with Gasteiger partial charge in [-0.15, -0.1) is 11.3 Å². The lowest BCUT2D eigenvalue weighted by Crippen LogP contribution is -2.21. The third kappa shape index (κ3) is 8.85. The maximum absolute atomic E-state index is 12.9. The fourth-order valence-electron chi connectivity index (χ4n) is 2.60. The molecule has 9 nitrogen and oxygen atoms in total. The molecule has 0 fully saturated rings.